The minimum Gasteiger partial charge on any atom is -0.399 e. The first-order valence-corrected chi connectivity index (χ1v) is 6.47. The van der Waals surface area contributed by atoms with Gasteiger partial charge in [0.1, 0.15) is 0 Å². The largest absolute Gasteiger partial charge is 0.399 e. The van der Waals surface area contributed by atoms with Crippen LogP contribution in [0.25, 0.3) is 0 Å². The molecule has 1 aromatic carbocycles. The predicted molar refractivity (Wildman–Crippen MR) is 78.7 cm³/mol. The van der Waals surface area contributed by atoms with Gasteiger partial charge in [0.25, 0.3) is 5.91 Å². The molecule has 2 N–H and O–H groups in total. The highest BCUT2D eigenvalue weighted by Crippen LogP contribution is 2.15. The van der Waals surface area contributed by atoms with Crippen LogP contribution in [0.5, 0.6) is 0 Å². The van der Waals surface area contributed by atoms with E-state index in [4.69, 9.17) is 10.5 Å². The van der Waals surface area contributed by atoms with Gasteiger partial charge in [-0.05, 0) is 38.0 Å². The fourth-order valence-corrected chi connectivity index (χ4v) is 2.24. The third kappa shape index (κ3) is 4.11. The van der Waals surface area contributed by atoms with E-state index in [1.807, 2.05) is 17.9 Å². The van der Waals surface area contributed by atoms with Crippen LogP contribution in [0, 0.1) is 0 Å². The normalized spacial score (nSPS) is 17.8. The lowest BCUT2D eigenvalue weighted by molar-refractivity contribution is 0.0539. The molecule has 1 aliphatic rings. The molecule has 1 amide bonds. The molecule has 0 spiro atoms. The third-order valence-electron chi connectivity index (χ3n) is 3.25. The van der Waals surface area contributed by atoms with E-state index in [1.54, 1.807) is 18.2 Å². The molecular weight excluding hydrogens is 264 g/mol. The van der Waals surface area contributed by atoms with Gasteiger partial charge in [0.05, 0.1) is 6.10 Å². The number of halogens is 1. The van der Waals surface area contributed by atoms with Gasteiger partial charge in [-0.15, -0.1) is 12.4 Å². The Morgan fingerprint density at radius 1 is 1.53 bits per heavy atom. The van der Waals surface area contributed by atoms with Crippen molar-refractivity contribution in [3.8, 4) is 0 Å². The number of anilines is 1. The average molecular weight is 285 g/mol. The molecule has 0 saturated carbocycles. The van der Waals surface area contributed by atoms with E-state index in [-0.39, 0.29) is 24.4 Å². The van der Waals surface area contributed by atoms with Crippen molar-refractivity contribution in [1.29, 1.82) is 0 Å². The Labute approximate surface area is 120 Å². The van der Waals surface area contributed by atoms with Crippen LogP contribution in [0.4, 0.5) is 5.69 Å². The molecule has 1 aromatic rings. The second kappa shape index (κ2) is 7.36. The zero-order valence-corrected chi connectivity index (χ0v) is 12.0. The van der Waals surface area contributed by atoms with Crippen molar-refractivity contribution in [2.75, 3.05) is 25.4 Å². The van der Waals surface area contributed by atoms with Crippen LogP contribution >= 0.6 is 12.4 Å². The molecule has 4 nitrogen and oxygen atoms in total. The van der Waals surface area contributed by atoms with Crippen molar-refractivity contribution in [1.82, 2.24) is 4.90 Å². The number of nitrogens with zero attached hydrogens (tertiary/aromatic N) is 1. The second-order valence-corrected chi connectivity index (χ2v) is 4.60. The number of likely N-dealkylation sites (N-methyl/N-ethyl adjacent to an activating group) is 1. The minimum atomic E-state index is 0. The van der Waals surface area contributed by atoms with Gasteiger partial charge in [-0.25, -0.2) is 0 Å². The maximum absolute atomic E-state index is 12.3. The monoisotopic (exact) mass is 284 g/mol. The van der Waals surface area contributed by atoms with Crippen molar-refractivity contribution in [3.63, 3.8) is 0 Å². The summed E-state index contributed by atoms with van der Waals surface area (Å²) in [4.78, 5) is 14.2. The smallest absolute Gasteiger partial charge is 0.254 e. The molecular formula is C14H21ClN2O2. The predicted octanol–water partition coefficient (Wildman–Crippen LogP) is 2.33. The summed E-state index contributed by atoms with van der Waals surface area (Å²) in [5.74, 6) is 0.0281. The number of benzene rings is 1. The van der Waals surface area contributed by atoms with Crippen molar-refractivity contribution < 1.29 is 9.53 Å². The highest BCUT2D eigenvalue weighted by Gasteiger charge is 2.22. The van der Waals surface area contributed by atoms with Crippen molar-refractivity contribution in [3.05, 3.63) is 29.8 Å². The summed E-state index contributed by atoms with van der Waals surface area (Å²) < 4.78 is 5.58. The van der Waals surface area contributed by atoms with E-state index in [1.165, 1.54) is 0 Å². The van der Waals surface area contributed by atoms with Crippen molar-refractivity contribution >= 4 is 24.0 Å². The summed E-state index contributed by atoms with van der Waals surface area (Å²) >= 11 is 0. The van der Waals surface area contributed by atoms with Crippen LogP contribution in [-0.4, -0.2) is 36.6 Å². The summed E-state index contributed by atoms with van der Waals surface area (Å²) in [6, 6.07) is 7.12. The van der Waals surface area contributed by atoms with E-state index in [2.05, 4.69) is 0 Å². The number of hydrogen-bond acceptors (Lipinski definition) is 3. The lowest BCUT2D eigenvalue weighted by Gasteiger charge is -2.24. The molecule has 1 unspecified atom stereocenters. The summed E-state index contributed by atoms with van der Waals surface area (Å²) in [5, 5.41) is 0. The van der Waals surface area contributed by atoms with Crippen LogP contribution in [0.3, 0.4) is 0 Å². The SMILES string of the molecule is CCN(CC1CCCO1)C(=O)c1cccc(N)c1.Cl. The number of rotatable bonds is 4. The summed E-state index contributed by atoms with van der Waals surface area (Å²) in [5.41, 5.74) is 6.97. The summed E-state index contributed by atoms with van der Waals surface area (Å²) in [7, 11) is 0. The Morgan fingerprint density at radius 2 is 2.32 bits per heavy atom. The van der Waals surface area contributed by atoms with Crippen LogP contribution < -0.4 is 5.73 Å². The minimum absolute atomic E-state index is 0. The number of amides is 1. The topological polar surface area (TPSA) is 55.6 Å². The Balaban J connectivity index is 0.00000180. The fourth-order valence-electron chi connectivity index (χ4n) is 2.24. The van der Waals surface area contributed by atoms with Gasteiger partial charge in [-0.2, -0.15) is 0 Å². The van der Waals surface area contributed by atoms with Gasteiger partial charge in [-0.1, -0.05) is 6.07 Å². The molecule has 2 rings (SSSR count). The van der Waals surface area contributed by atoms with E-state index >= 15 is 0 Å². The van der Waals surface area contributed by atoms with Gasteiger partial charge >= 0.3 is 0 Å². The number of carbonyl (C=O) groups excluding carboxylic acids is 1. The average Bonchev–Trinajstić information content (AvgIpc) is 2.88. The first kappa shape index (κ1) is 15.8. The molecule has 0 radical (unpaired) electrons. The zero-order chi connectivity index (χ0) is 13.0. The second-order valence-electron chi connectivity index (χ2n) is 4.60. The van der Waals surface area contributed by atoms with Crippen LogP contribution in [-0.2, 0) is 4.74 Å². The Bertz CT molecular complexity index is 420. The van der Waals surface area contributed by atoms with Crippen LogP contribution in [0.1, 0.15) is 30.1 Å². The number of carbonyl (C=O) groups is 1. The molecule has 106 valence electrons. The number of hydrogen-bond donors (Lipinski definition) is 1. The number of nitrogen functional groups attached to an aromatic ring is 1. The molecule has 1 fully saturated rings. The number of ether oxygens (including phenoxy) is 1. The summed E-state index contributed by atoms with van der Waals surface area (Å²) in [6.07, 6.45) is 2.32. The standard InChI is InChI=1S/C14H20N2O2.ClH/c1-2-16(10-13-7-4-8-18-13)14(17)11-5-3-6-12(15)9-11;/h3,5-6,9,13H,2,4,7-8,10,15H2,1H3;1H. The van der Waals surface area contributed by atoms with Crippen LogP contribution in [0.15, 0.2) is 24.3 Å². The first-order chi connectivity index (χ1) is 8.70. The Kier molecular flexibility index (Phi) is 6.12. The number of nitrogens with two attached hydrogens (primary N) is 1. The van der Waals surface area contributed by atoms with Gasteiger partial charge in [-0.3, -0.25) is 4.79 Å². The maximum atomic E-state index is 12.3. The highest BCUT2D eigenvalue weighted by molar-refractivity contribution is 5.95. The van der Waals surface area contributed by atoms with E-state index < -0.39 is 0 Å². The van der Waals surface area contributed by atoms with Gasteiger partial charge in [0.15, 0.2) is 0 Å². The highest BCUT2D eigenvalue weighted by atomic mass is 35.5. The molecule has 0 bridgehead atoms. The quantitative estimate of drug-likeness (QED) is 0.864. The first-order valence-electron chi connectivity index (χ1n) is 6.47. The van der Waals surface area contributed by atoms with E-state index in [9.17, 15) is 4.79 Å². The van der Waals surface area contributed by atoms with Gasteiger partial charge < -0.3 is 15.4 Å². The molecule has 1 atom stereocenters. The fraction of sp³-hybridized carbons (Fsp3) is 0.500. The Morgan fingerprint density at radius 3 is 2.89 bits per heavy atom. The zero-order valence-electron chi connectivity index (χ0n) is 11.2. The third-order valence-corrected chi connectivity index (χ3v) is 3.25. The van der Waals surface area contributed by atoms with Crippen molar-refractivity contribution in [2.45, 2.75) is 25.9 Å². The van der Waals surface area contributed by atoms with E-state index in [0.29, 0.717) is 24.3 Å². The van der Waals surface area contributed by atoms with Gasteiger partial charge in [0, 0.05) is 30.9 Å². The molecule has 1 saturated heterocycles. The lowest BCUT2D eigenvalue weighted by Crippen LogP contribution is -2.37. The molecule has 5 heteroatoms. The maximum Gasteiger partial charge on any atom is 0.254 e. The Hall–Kier alpha value is -1.26. The van der Waals surface area contributed by atoms with E-state index in [0.717, 1.165) is 19.4 Å². The molecule has 0 aromatic heterocycles. The molecule has 1 heterocycles. The molecule has 1 aliphatic heterocycles. The molecule has 0 aliphatic carbocycles. The molecule has 19 heavy (non-hydrogen) atoms. The van der Waals surface area contributed by atoms with Gasteiger partial charge in [0.2, 0.25) is 0 Å². The summed E-state index contributed by atoms with van der Waals surface area (Å²) in [6.45, 7) is 4.16. The van der Waals surface area contributed by atoms with Crippen LogP contribution in [0.2, 0.25) is 0 Å². The lowest BCUT2D eigenvalue weighted by atomic mass is 10.1. The van der Waals surface area contributed by atoms with Crippen molar-refractivity contribution in [2.24, 2.45) is 0 Å².